The highest BCUT2D eigenvalue weighted by Gasteiger charge is 2.26. The van der Waals surface area contributed by atoms with Crippen LogP contribution in [0.5, 0.6) is 5.75 Å². The third kappa shape index (κ3) is 1.84. The molecule has 0 fully saturated rings. The summed E-state index contributed by atoms with van der Waals surface area (Å²) in [6.45, 7) is 0. The van der Waals surface area contributed by atoms with E-state index in [9.17, 15) is 9.90 Å². The highest BCUT2D eigenvalue weighted by atomic mass is 32.2. The lowest BCUT2D eigenvalue weighted by atomic mass is 10.2. The second-order valence-electron chi connectivity index (χ2n) is 3.93. The van der Waals surface area contributed by atoms with E-state index in [1.165, 1.54) is 17.8 Å². The minimum atomic E-state index is -0.925. The Kier molecular flexibility index (Phi) is 2.52. The smallest absolute Gasteiger partial charge is 0.329 e. The zero-order valence-electron chi connectivity index (χ0n) is 9.16. The first-order chi connectivity index (χ1) is 8.63. The lowest BCUT2D eigenvalue weighted by molar-refractivity contribution is -0.137. The van der Waals surface area contributed by atoms with Crippen molar-refractivity contribution in [2.45, 2.75) is 6.04 Å². The molecule has 1 atom stereocenters. The van der Waals surface area contributed by atoms with Crippen molar-refractivity contribution in [2.75, 3.05) is 5.75 Å². The van der Waals surface area contributed by atoms with Gasteiger partial charge in [0.2, 0.25) is 0 Å². The van der Waals surface area contributed by atoms with Crippen molar-refractivity contribution < 1.29 is 19.4 Å². The number of carboxylic acids is 1. The third-order valence-electron chi connectivity index (χ3n) is 2.65. The molecular formula is C12H9NO4S. The van der Waals surface area contributed by atoms with Crippen LogP contribution in [0.2, 0.25) is 0 Å². The van der Waals surface area contributed by atoms with Crippen molar-refractivity contribution in [2.24, 2.45) is 4.99 Å². The second-order valence-corrected chi connectivity index (χ2v) is 4.94. The maximum atomic E-state index is 10.8. The van der Waals surface area contributed by atoms with E-state index in [0.717, 1.165) is 5.39 Å². The number of aliphatic imine (C=N–C) groups is 1. The van der Waals surface area contributed by atoms with Crippen LogP contribution < -0.4 is 0 Å². The lowest BCUT2D eigenvalue weighted by Crippen LogP contribution is -2.17. The Balaban J connectivity index is 2.00. The number of phenols is 1. The van der Waals surface area contributed by atoms with Crippen molar-refractivity contribution >= 4 is 33.7 Å². The van der Waals surface area contributed by atoms with Crippen LogP contribution in [-0.4, -0.2) is 33.0 Å². The van der Waals surface area contributed by atoms with Crippen LogP contribution in [0.15, 0.2) is 33.7 Å². The Labute approximate surface area is 106 Å². The number of phenolic OH excluding ortho intramolecular Hbond substituents is 1. The minimum absolute atomic E-state index is 0.132. The Morgan fingerprint density at radius 2 is 2.28 bits per heavy atom. The number of hydrogen-bond donors (Lipinski definition) is 2. The van der Waals surface area contributed by atoms with Crippen LogP contribution in [0, 0.1) is 0 Å². The molecule has 6 heteroatoms. The fraction of sp³-hybridized carbons (Fsp3) is 0.167. The number of furan rings is 1. The fourth-order valence-corrected chi connectivity index (χ4v) is 2.74. The number of carbonyl (C=O) groups is 1. The average molecular weight is 263 g/mol. The monoisotopic (exact) mass is 263 g/mol. The number of aromatic hydroxyl groups is 1. The van der Waals surface area contributed by atoms with Crippen LogP contribution in [-0.2, 0) is 4.79 Å². The molecule has 1 unspecified atom stereocenters. The van der Waals surface area contributed by atoms with Gasteiger partial charge in [0.1, 0.15) is 16.4 Å². The quantitative estimate of drug-likeness (QED) is 0.866. The summed E-state index contributed by atoms with van der Waals surface area (Å²) >= 11 is 1.36. The molecule has 3 rings (SSSR count). The van der Waals surface area contributed by atoms with Crippen LogP contribution in [0.1, 0.15) is 5.76 Å². The molecule has 1 aromatic heterocycles. The number of nitrogens with zero attached hydrogens (tertiary/aromatic N) is 1. The molecule has 92 valence electrons. The van der Waals surface area contributed by atoms with Gasteiger partial charge in [-0.2, -0.15) is 0 Å². The van der Waals surface area contributed by atoms with Crippen LogP contribution in [0.25, 0.3) is 11.0 Å². The van der Waals surface area contributed by atoms with E-state index >= 15 is 0 Å². The van der Waals surface area contributed by atoms with Gasteiger partial charge in [0.15, 0.2) is 11.8 Å². The fourth-order valence-electron chi connectivity index (χ4n) is 1.76. The molecule has 0 bridgehead atoms. The molecule has 1 aliphatic heterocycles. The average Bonchev–Trinajstić information content (AvgIpc) is 2.93. The predicted molar refractivity (Wildman–Crippen MR) is 68.3 cm³/mol. The summed E-state index contributed by atoms with van der Waals surface area (Å²) in [5, 5.41) is 19.7. The highest BCUT2D eigenvalue weighted by molar-refractivity contribution is 8.14. The molecular weight excluding hydrogens is 254 g/mol. The number of carboxylic acid groups (broad SMARTS) is 1. The van der Waals surface area contributed by atoms with Gasteiger partial charge in [0.05, 0.1) is 0 Å². The number of hydrogen-bond acceptors (Lipinski definition) is 5. The summed E-state index contributed by atoms with van der Waals surface area (Å²) in [7, 11) is 0. The van der Waals surface area contributed by atoms with Gasteiger partial charge in [0, 0.05) is 17.2 Å². The topological polar surface area (TPSA) is 83.0 Å². The van der Waals surface area contributed by atoms with Crippen LogP contribution >= 0.6 is 11.8 Å². The van der Waals surface area contributed by atoms with Gasteiger partial charge in [0.25, 0.3) is 0 Å². The summed E-state index contributed by atoms with van der Waals surface area (Å²) in [5.41, 5.74) is 0.562. The molecule has 18 heavy (non-hydrogen) atoms. The number of benzene rings is 1. The van der Waals surface area contributed by atoms with E-state index in [-0.39, 0.29) is 5.75 Å². The number of fused-ring (bicyclic) bond motifs is 1. The summed E-state index contributed by atoms with van der Waals surface area (Å²) in [6.07, 6.45) is 0. The minimum Gasteiger partial charge on any atom is -0.508 e. The van der Waals surface area contributed by atoms with E-state index in [0.29, 0.717) is 22.1 Å². The molecule has 1 aliphatic rings. The Morgan fingerprint density at radius 1 is 1.44 bits per heavy atom. The van der Waals surface area contributed by atoms with Crippen molar-refractivity contribution in [3.63, 3.8) is 0 Å². The van der Waals surface area contributed by atoms with Crippen molar-refractivity contribution in [3.05, 3.63) is 30.0 Å². The molecule has 5 nitrogen and oxygen atoms in total. The zero-order chi connectivity index (χ0) is 12.7. The Bertz CT molecular complexity index is 661. The molecule has 0 radical (unpaired) electrons. The molecule has 1 aromatic carbocycles. The van der Waals surface area contributed by atoms with Crippen LogP contribution in [0.4, 0.5) is 0 Å². The van der Waals surface area contributed by atoms with Gasteiger partial charge in [-0.05, 0) is 18.2 Å². The molecule has 2 aromatic rings. The summed E-state index contributed by atoms with van der Waals surface area (Å²) in [5.74, 6) is 0.177. The first kappa shape index (κ1) is 11.2. The summed E-state index contributed by atoms with van der Waals surface area (Å²) < 4.78 is 5.56. The van der Waals surface area contributed by atoms with E-state index in [2.05, 4.69) is 4.99 Å². The third-order valence-corrected chi connectivity index (χ3v) is 3.71. The van der Waals surface area contributed by atoms with E-state index in [4.69, 9.17) is 9.52 Å². The van der Waals surface area contributed by atoms with E-state index in [1.807, 2.05) is 0 Å². The Morgan fingerprint density at radius 3 is 3.00 bits per heavy atom. The van der Waals surface area contributed by atoms with Crippen molar-refractivity contribution in [1.82, 2.24) is 0 Å². The maximum Gasteiger partial charge on any atom is 0.329 e. The molecule has 0 amide bonds. The van der Waals surface area contributed by atoms with Crippen molar-refractivity contribution in [3.8, 4) is 5.75 Å². The molecule has 0 aliphatic carbocycles. The second kappa shape index (κ2) is 4.06. The molecule has 0 saturated carbocycles. The lowest BCUT2D eigenvalue weighted by Gasteiger charge is -1.93. The van der Waals surface area contributed by atoms with Crippen LogP contribution in [0.3, 0.4) is 0 Å². The van der Waals surface area contributed by atoms with E-state index < -0.39 is 12.0 Å². The summed E-state index contributed by atoms with van der Waals surface area (Å²) in [6, 6.07) is 5.93. The predicted octanol–water partition coefficient (Wildman–Crippen LogP) is 2.08. The Hall–Kier alpha value is -1.95. The first-order valence-electron chi connectivity index (χ1n) is 5.30. The molecule has 2 heterocycles. The van der Waals surface area contributed by atoms with Gasteiger partial charge in [-0.15, -0.1) is 11.8 Å². The zero-order valence-corrected chi connectivity index (χ0v) is 9.98. The molecule has 2 N–H and O–H groups in total. The van der Waals surface area contributed by atoms with Crippen molar-refractivity contribution in [1.29, 1.82) is 0 Å². The molecule has 0 spiro atoms. The standard InChI is InChI=1S/C12H9NO4S/c14-7-2-1-6-3-10(17-9(6)4-7)11-13-8(5-18-11)12(15)16/h1-4,8,14H,5H2,(H,15,16). The largest absolute Gasteiger partial charge is 0.508 e. The van der Waals surface area contributed by atoms with Gasteiger partial charge in [-0.1, -0.05) is 0 Å². The summed E-state index contributed by atoms with van der Waals surface area (Å²) in [4.78, 5) is 14.9. The number of thioether (sulfide) groups is 1. The maximum absolute atomic E-state index is 10.8. The number of rotatable bonds is 2. The first-order valence-corrected chi connectivity index (χ1v) is 6.28. The number of aliphatic carboxylic acids is 1. The SMILES string of the molecule is O=C(O)C1CSC(c2cc3ccc(O)cc3o2)=N1. The van der Waals surface area contributed by atoms with Gasteiger partial charge < -0.3 is 14.6 Å². The normalized spacial score (nSPS) is 19.1. The highest BCUT2D eigenvalue weighted by Crippen LogP contribution is 2.29. The molecule has 0 saturated heterocycles. The van der Waals surface area contributed by atoms with Gasteiger partial charge >= 0.3 is 5.97 Å². The van der Waals surface area contributed by atoms with Gasteiger partial charge in [-0.25, -0.2) is 4.79 Å². The van der Waals surface area contributed by atoms with E-state index in [1.54, 1.807) is 18.2 Å². The van der Waals surface area contributed by atoms with Gasteiger partial charge in [-0.3, -0.25) is 4.99 Å².